The van der Waals surface area contributed by atoms with E-state index in [0.717, 1.165) is 44.7 Å². The SMILES string of the molecule is C=CCn1cc(-c2ccc3c(c2)N(c2nc4c(s2)C(=O)CC(C)(C)C4)CCO3)cn1. The maximum absolute atomic E-state index is 12.6. The minimum atomic E-state index is -0.0306. The zero-order valence-electron chi connectivity index (χ0n) is 17.2. The third-order valence-electron chi connectivity index (χ3n) is 5.56. The monoisotopic (exact) mass is 420 g/mol. The van der Waals surface area contributed by atoms with Crippen LogP contribution in [0, 0.1) is 5.41 Å². The first-order valence-corrected chi connectivity index (χ1v) is 11.0. The van der Waals surface area contributed by atoms with E-state index in [-0.39, 0.29) is 11.2 Å². The molecule has 0 saturated carbocycles. The van der Waals surface area contributed by atoms with E-state index in [0.29, 0.717) is 26.1 Å². The standard InChI is InChI=1S/C23H24N4O2S/c1-4-7-26-14-16(13-24-26)15-5-6-20-18(10-15)27(8-9-29-20)22-25-17-11-23(2,3)12-19(28)21(17)30-22/h4-6,10,13-14H,1,7-9,11-12H2,2-3H3. The second-order valence-corrected chi connectivity index (χ2v) is 9.61. The summed E-state index contributed by atoms with van der Waals surface area (Å²) in [5.41, 5.74) is 4.00. The summed E-state index contributed by atoms with van der Waals surface area (Å²) in [6, 6.07) is 6.18. The first-order valence-electron chi connectivity index (χ1n) is 10.1. The number of hydrogen-bond donors (Lipinski definition) is 0. The number of thiazole rings is 1. The smallest absolute Gasteiger partial charge is 0.190 e. The third-order valence-corrected chi connectivity index (χ3v) is 6.72. The van der Waals surface area contributed by atoms with Gasteiger partial charge in [-0.15, -0.1) is 6.58 Å². The largest absolute Gasteiger partial charge is 0.490 e. The predicted octanol–water partition coefficient (Wildman–Crippen LogP) is 4.88. The molecular weight excluding hydrogens is 396 g/mol. The molecule has 0 radical (unpaired) electrons. The summed E-state index contributed by atoms with van der Waals surface area (Å²) in [5, 5.41) is 5.26. The Morgan fingerprint density at radius 1 is 1.30 bits per heavy atom. The zero-order chi connectivity index (χ0) is 20.9. The van der Waals surface area contributed by atoms with Gasteiger partial charge in [-0.2, -0.15) is 5.10 Å². The summed E-state index contributed by atoms with van der Waals surface area (Å²) < 4.78 is 7.76. The van der Waals surface area contributed by atoms with Gasteiger partial charge in [-0.3, -0.25) is 9.48 Å². The topological polar surface area (TPSA) is 60.2 Å². The van der Waals surface area contributed by atoms with E-state index in [1.54, 1.807) is 0 Å². The summed E-state index contributed by atoms with van der Waals surface area (Å²) in [6.07, 6.45) is 7.12. The number of ketones is 1. The van der Waals surface area contributed by atoms with Crippen molar-refractivity contribution in [2.45, 2.75) is 33.2 Å². The van der Waals surface area contributed by atoms with Crippen molar-refractivity contribution in [3.63, 3.8) is 0 Å². The maximum Gasteiger partial charge on any atom is 0.190 e. The Hall–Kier alpha value is -2.93. The van der Waals surface area contributed by atoms with Gasteiger partial charge in [0.25, 0.3) is 0 Å². The number of hydrogen-bond acceptors (Lipinski definition) is 6. The van der Waals surface area contributed by atoms with E-state index in [1.807, 2.05) is 29.2 Å². The first-order chi connectivity index (χ1) is 14.4. The van der Waals surface area contributed by atoms with Crippen LogP contribution in [0.5, 0.6) is 5.75 Å². The van der Waals surface area contributed by atoms with Crippen LogP contribution in [-0.2, 0) is 13.0 Å². The molecule has 2 aliphatic rings. The molecule has 30 heavy (non-hydrogen) atoms. The van der Waals surface area contributed by atoms with Crippen LogP contribution in [0.4, 0.5) is 10.8 Å². The van der Waals surface area contributed by atoms with Crippen molar-refractivity contribution in [3.8, 4) is 16.9 Å². The Balaban J connectivity index is 1.52. The van der Waals surface area contributed by atoms with Crippen LogP contribution in [-0.4, -0.2) is 33.7 Å². The number of Topliss-reactive ketones (excluding diaryl/α,β-unsaturated/α-hetero) is 1. The Labute approximate surface area is 179 Å². The number of ether oxygens (including phenoxy) is 1. The van der Waals surface area contributed by atoms with E-state index < -0.39 is 0 Å². The van der Waals surface area contributed by atoms with Crippen LogP contribution in [0.25, 0.3) is 11.1 Å². The number of rotatable bonds is 4. The summed E-state index contributed by atoms with van der Waals surface area (Å²) in [5.74, 6) is 1.05. The van der Waals surface area contributed by atoms with Crippen molar-refractivity contribution in [3.05, 3.63) is 53.8 Å². The van der Waals surface area contributed by atoms with Crippen LogP contribution >= 0.6 is 11.3 Å². The van der Waals surface area contributed by atoms with Crippen LogP contribution < -0.4 is 9.64 Å². The number of anilines is 2. The van der Waals surface area contributed by atoms with Crippen LogP contribution in [0.15, 0.2) is 43.2 Å². The minimum absolute atomic E-state index is 0.0306. The lowest BCUT2D eigenvalue weighted by atomic mass is 9.78. The number of allylic oxidation sites excluding steroid dienone is 1. The Morgan fingerprint density at radius 2 is 2.17 bits per heavy atom. The van der Waals surface area contributed by atoms with E-state index in [4.69, 9.17) is 9.72 Å². The highest BCUT2D eigenvalue weighted by atomic mass is 32.1. The molecule has 0 unspecified atom stereocenters. The highest BCUT2D eigenvalue weighted by Crippen LogP contribution is 2.44. The Bertz CT molecular complexity index is 1140. The van der Waals surface area contributed by atoms with Crippen molar-refractivity contribution < 1.29 is 9.53 Å². The molecule has 3 heterocycles. The summed E-state index contributed by atoms with van der Waals surface area (Å²) in [4.78, 5) is 20.5. The molecular formula is C23H24N4O2S. The van der Waals surface area contributed by atoms with Crippen LogP contribution in [0.2, 0.25) is 0 Å². The summed E-state index contributed by atoms with van der Waals surface area (Å²) >= 11 is 1.51. The molecule has 6 nitrogen and oxygen atoms in total. The van der Waals surface area contributed by atoms with E-state index >= 15 is 0 Å². The molecule has 1 aliphatic carbocycles. The molecule has 0 saturated heterocycles. The number of nitrogens with zero attached hydrogens (tertiary/aromatic N) is 4. The summed E-state index contributed by atoms with van der Waals surface area (Å²) in [6.45, 7) is 10.0. The Kier molecular flexibility index (Phi) is 4.50. The van der Waals surface area contributed by atoms with Gasteiger partial charge < -0.3 is 9.64 Å². The van der Waals surface area contributed by atoms with Crippen molar-refractivity contribution in [2.24, 2.45) is 5.41 Å². The van der Waals surface area contributed by atoms with Gasteiger partial charge >= 0.3 is 0 Å². The second-order valence-electron chi connectivity index (χ2n) is 8.64. The highest BCUT2D eigenvalue weighted by Gasteiger charge is 2.35. The first kappa shape index (κ1) is 19.1. The van der Waals surface area contributed by atoms with Gasteiger partial charge in [0.2, 0.25) is 0 Å². The van der Waals surface area contributed by atoms with Crippen molar-refractivity contribution in [2.75, 3.05) is 18.1 Å². The second kappa shape index (κ2) is 7.09. The van der Waals surface area contributed by atoms with Crippen LogP contribution in [0.1, 0.15) is 35.6 Å². The fourth-order valence-electron chi connectivity index (χ4n) is 4.16. The number of carbonyl (C=O) groups is 1. The maximum atomic E-state index is 12.6. The fraction of sp³-hybridized carbons (Fsp3) is 0.348. The molecule has 0 spiro atoms. The van der Waals surface area contributed by atoms with E-state index in [1.165, 1.54) is 11.3 Å². The molecule has 154 valence electrons. The zero-order valence-corrected chi connectivity index (χ0v) is 18.0. The van der Waals surface area contributed by atoms with Gasteiger partial charge in [-0.1, -0.05) is 37.3 Å². The lowest BCUT2D eigenvalue weighted by Gasteiger charge is -2.29. The Morgan fingerprint density at radius 3 is 3.00 bits per heavy atom. The average molecular weight is 421 g/mol. The van der Waals surface area contributed by atoms with Gasteiger partial charge in [0.05, 0.1) is 35.5 Å². The number of carbonyl (C=O) groups excluding carboxylic acids is 1. The lowest BCUT2D eigenvalue weighted by Crippen LogP contribution is -2.28. The fourth-order valence-corrected chi connectivity index (χ4v) is 5.22. The third kappa shape index (κ3) is 3.33. The number of benzene rings is 1. The van der Waals surface area contributed by atoms with Gasteiger partial charge in [-0.25, -0.2) is 4.98 Å². The summed E-state index contributed by atoms with van der Waals surface area (Å²) in [7, 11) is 0. The number of fused-ring (bicyclic) bond motifs is 2. The molecule has 0 fully saturated rings. The van der Waals surface area contributed by atoms with Crippen molar-refractivity contribution in [1.82, 2.24) is 14.8 Å². The normalized spacial score (nSPS) is 17.3. The van der Waals surface area contributed by atoms with Crippen molar-refractivity contribution >= 4 is 27.9 Å². The van der Waals surface area contributed by atoms with Crippen LogP contribution in [0.3, 0.4) is 0 Å². The molecule has 0 atom stereocenters. The van der Waals surface area contributed by atoms with E-state index in [9.17, 15) is 4.79 Å². The molecule has 1 aliphatic heterocycles. The molecule has 0 N–H and O–H groups in total. The van der Waals surface area contributed by atoms with Crippen molar-refractivity contribution in [1.29, 1.82) is 0 Å². The predicted molar refractivity (Wildman–Crippen MR) is 119 cm³/mol. The quantitative estimate of drug-likeness (QED) is 0.563. The lowest BCUT2D eigenvalue weighted by molar-refractivity contribution is 0.0916. The minimum Gasteiger partial charge on any atom is -0.490 e. The highest BCUT2D eigenvalue weighted by molar-refractivity contribution is 7.17. The van der Waals surface area contributed by atoms with Gasteiger partial charge in [-0.05, 0) is 29.5 Å². The van der Waals surface area contributed by atoms with Gasteiger partial charge in [0, 0.05) is 18.2 Å². The van der Waals surface area contributed by atoms with Gasteiger partial charge in [0.1, 0.15) is 12.4 Å². The van der Waals surface area contributed by atoms with E-state index in [2.05, 4.69) is 42.6 Å². The molecule has 5 rings (SSSR count). The molecule has 3 aromatic rings. The number of aromatic nitrogens is 3. The molecule has 0 bridgehead atoms. The molecule has 1 aromatic carbocycles. The van der Waals surface area contributed by atoms with Gasteiger partial charge in [0.15, 0.2) is 10.9 Å². The average Bonchev–Trinajstić information content (AvgIpc) is 3.34. The molecule has 0 amide bonds. The molecule has 7 heteroatoms. The molecule has 2 aromatic heterocycles.